The molecule has 0 fully saturated rings. The average molecular weight is 422 g/mol. The molecular formula is C26H22N4O2. The molecule has 2 aromatic carbocycles. The van der Waals surface area contributed by atoms with Crippen LogP contribution in [-0.4, -0.2) is 27.4 Å². The molecule has 158 valence electrons. The summed E-state index contributed by atoms with van der Waals surface area (Å²) < 4.78 is 7.04. The van der Waals surface area contributed by atoms with Gasteiger partial charge in [0.2, 0.25) is 0 Å². The highest BCUT2D eigenvalue weighted by atomic mass is 16.5. The fourth-order valence-corrected chi connectivity index (χ4v) is 3.82. The molecule has 0 spiro atoms. The number of carbonyl (C=O) groups is 1. The number of nitrogens with zero attached hydrogens (tertiary/aromatic N) is 3. The third-order valence-corrected chi connectivity index (χ3v) is 5.64. The van der Waals surface area contributed by atoms with Crippen LogP contribution in [-0.2, 0) is 0 Å². The van der Waals surface area contributed by atoms with Gasteiger partial charge in [0.05, 0.1) is 24.9 Å². The summed E-state index contributed by atoms with van der Waals surface area (Å²) in [5.74, 6) is 0.603. The minimum atomic E-state index is -0.180. The zero-order valence-electron chi connectivity index (χ0n) is 17.8. The van der Waals surface area contributed by atoms with Crippen molar-refractivity contribution in [1.29, 1.82) is 0 Å². The van der Waals surface area contributed by atoms with Crippen LogP contribution in [0.5, 0.6) is 5.75 Å². The number of fused-ring (bicyclic) bond motifs is 2. The Morgan fingerprint density at radius 3 is 2.62 bits per heavy atom. The number of methoxy groups -OCH3 is 1. The molecule has 5 aromatic rings. The quantitative estimate of drug-likeness (QED) is 0.430. The van der Waals surface area contributed by atoms with Crippen LogP contribution in [0.4, 0.5) is 0 Å². The molecule has 0 bridgehead atoms. The first-order valence-corrected chi connectivity index (χ1v) is 10.4. The molecule has 0 unspecified atom stereocenters. The van der Waals surface area contributed by atoms with Crippen LogP contribution in [0.15, 0.2) is 85.3 Å². The Labute approximate surface area is 185 Å². The minimum absolute atomic E-state index is 0.157. The summed E-state index contributed by atoms with van der Waals surface area (Å²) in [5, 5.41) is 4.13. The van der Waals surface area contributed by atoms with Gasteiger partial charge in [-0.05, 0) is 66.1 Å². The van der Waals surface area contributed by atoms with E-state index in [1.807, 2.05) is 78.2 Å². The summed E-state index contributed by atoms with van der Waals surface area (Å²) in [6, 6.07) is 21.6. The largest absolute Gasteiger partial charge is 0.497 e. The lowest BCUT2D eigenvalue weighted by Crippen LogP contribution is -2.27. The lowest BCUT2D eigenvalue weighted by Gasteiger charge is -2.15. The third-order valence-electron chi connectivity index (χ3n) is 5.64. The van der Waals surface area contributed by atoms with Crippen molar-refractivity contribution in [1.82, 2.24) is 19.7 Å². The maximum absolute atomic E-state index is 13.0. The standard InChI is InChI=1S/C26H22N4O2/c1-17(18-5-9-22(32-2)10-6-18)29-26(31)24-15-28-25-12-8-21(16-30(24)25)19-7-11-23-20(14-19)4-3-13-27-23/h3-17H,1-2H3,(H,29,31)/t17-/m1/s1. The van der Waals surface area contributed by atoms with Gasteiger partial charge in [-0.25, -0.2) is 4.98 Å². The van der Waals surface area contributed by atoms with Crippen molar-refractivity contribution in [2.45, 2.75) is 13.0 Å². The summed E-state index contributed by atoms with van der Waals surface area (Å²) >= 11 is 0. The van der Waals surface area contributed by atoms with Crippen LogP contribution in [0.3, 0.4) is 0 Å². The number of aromatic nitrogens is 3. The number of rotatable bonds is 5. The number of ether oxygens (including phenoxy) is 1. The number of amides is 1. The molecule has 3 heterocycles. The summed E-state index contributed by atoms with van der Waals surface area (Å²) in [6.45, 7) is 1.96. The van der Waals surface area contributed by atoms with Gasteiger partial charge < -0.3 is 10.1 Å². The molecule has 1 amide bonds. The Bertz CT molecular complexity index is 1420. The number of hydrogen-bond donors (Lipinski definition) is 1. The van der Waals surface area contributed by atoms with Gasteiger partial charge in [0.1, 0.15) is 17.1 Å². The van der Waals surface area contributed by atoms with E-state index < -0.39 is 0 Å². The van der Waals surface area contributed by atoms with Crippen molar-refractivity contribution >= 4 is 22.5 Å². The smallest absolute Gasteiger partial charge is 0.270 e. The molecule has 0 aliphatic rings. The van der Waals surface area contributed by atoms with Crippen LogP contribution in [0, 0.1) is 0 Å². The van der Waals surface area contributed by atoms with E-state index in [-0.39, 0.29) is 11.9 Å². The molecule has 0 aliphatic carbocycles. The van der Waals surface area contributed by atoms with E-state index in [0.717, 1.165) is 39.0 Å². The summed E-state index contributed by atoms with van der Waals surface area (Å²) in [6.07, 6.45) is 5.35. The number of imidazole rings is 1. The monoisotopic (exact) mass is 422 g/mol. The van der Waals surface area contributed by atoms with Gasteiger partial charge in [0.25, 0.3) is 5.91 Å². The normalized spacial score (nSPS) is 12.1. The summed E-state index contributed by atoms with van der Waals surface area (Å²) in [7, 11) is 1.63. The minimum Gasteiger partial charge on any atom is -0.497 e. The molecule has 0 saturated carbocycles. The van der Waals surface area contributed by atoms with E-state index in [2.05, 4.69) is 21.4 Å². The molecule has 1 N–H and O–H groups in total. The molecule has 0 saturated heterocycles. The van der Waals surface area contributed by atoms with Crippen LogP contribution < -0.4 is 10.1 Å². The van der Waals surface area contributed by atoms with Gasteiger partial charge in [0, 0.05) is 17.8 Å². The van der Waals surface area contributed by atoms with Crippen LogP contribution in [0.2, 0.25) is 0 Å². The highest BCUT2D eigenvalue weighted by molar-refractivity contribution is 5.94. The molecule has 1 atom stereocenters. The van der Waals surface area contributed by atoms with Gasteiger partial charge in [0.15, 0.2) is 0 Å². The first kappa shape index (κ1) is 19.8. The van der Waals surface area contributed by atoms with E-state index >= 15 is 0 Å². The second-order valence-corrected chi connectivity index (χ2v) is 7.67. The Morgan fingerprint density at radius 1 is 1.00 bits per heavy atom. The van der Waals surface area contributed by atoms with Crippen molar-refractivity contribution in [3.63, 3.8) is 0 Å². The fourth-order valence-electron chi connectivity index (χ4n) is 3.82. The average Bonchev–Trinajstić information content (AvgIpc) is 3.27. The number of benzene rings is 2. The molecule has 6 heteroatoms. The van der Waals surface area contributed by atoms with Crippen LogP contribution >= 0.6 is 0 Å². The lowest BCUT2D eigenvalue weighted by atomic mass is 10.0. The van der Waals surface area contributed by atoms with Crippen LogP contribution in [0.1, 0.15) is 29.0 Å². The van der Waals surface area contributed by atoms with E-state index in [1.54, 1.807) is 19.5 Å². The maximum atomic E-state index is 13.0. The van der Waals surface area contributed by atoms with Gasteiger partial charge in [-0.15, -0.1) is 0 Å². The Kier molecular flexibility index (Phi) is 5.03. The van der Waals surface area contributed by atoms with Crippen LogP contribution in [0.25, 0.3) is 27.7 Å². The lowest BCUT2D eigenvalue weighted by molar-refractivity contribution is 0.0934. The fraction of sp³-hybridized carbons (Fsp3) is 0.115. The predicted molar refractivity (Wildman–Crippen MR) is 125 cm³/mol. The molecular weight excluding hydrogens is 400 g/mol. The highest BCUT2D eigenvalue weighted by Crippen LogP contribution is 2.25. The third kappa shape index (κ3) is 3.67. The number of pyridine rings is 2. The molecule has 0 radical (unpaired) electrons. The number of nitrogens with one attached hydrogen (secondary N) is 1. The zero-order valence-corrected chi connectivity index (χ0v) is 17.8. The van der Waals surface area contributed by atoms with E-state index in [9.17, 15) is 4.79 Å². The maximum Gasteiger partial charge on any atom is 0.270 e. The Hall–Kier alpha value is -4.19. The zero-order chi connectivity index (χ0) is 22.1. The predicted octanol–water partition coefficient (Wildman–Crippen LogP) is 5.05. The molecule has 6 nitrogen and oxygen atoms in total. The summed E-state index contributed by atoms with van der Waals surface area (Å²) in [4.78, 5) is 21.8. The van der Waals surface area contributed by atoms with Crippen molar-refractivity contribution in [2.75, 3.05) is 7.11 Å². The molecule has 5 rings (SSSR count). The second-order valence-electron chi connectivity index (χ2n) is 7.67. The van der Waals surface area contributed by atoms with E-state index in [1.165, 1.54) is 0 Å². The topological polar surface area (TPSA) is 68.5 Å². The first-order chi connectivity index (χ1) is 15.6. The number of carbonyl (C=O) groups excluding carboxylic acids is 1. The summed E-state index contributed by atoms with van der Waals surface area (Å²) in [5.41, 5.74) is 5.21. The SMILES string of the molecule is COc1ccc([C@@H](C)NC(=O)c2cnc3ccc(-c4ccc5ncccc5c4)cn23)cc1. The van der Waals surface area contributed by atoms with Crippen molar-refractivity contribution in [3.05, 3.63) is 96.6 Å². The Balaban J connectivity index is 1.44. The van der Waals surface area contributed by atoms with E-state index in [4.69, 9.17) is 4.74 Å². The van der Waals surface area contributed by atoms with Crippen molar-refractivity contribution in [3.8, 4) is 16.9 Å². The molecule has 3 aromatic heterocycles. The second kappa shape index (κ2) is 8.15. The van der Waals surface area contributed by atoms with Gasteiger partial charge in [-0.3, -0.25) is 14.2 Å². The first-order valence-electron chi connectivity index (χ1n) is 10.4. The molecule has 0 aliphatic heterocycles. The van der Waals surface area contributed by atoms with Gasteiger partial charge >= 0.3 is 0 Å². The number of hydrogen-bond acceptors (Lipinski definition) is 4. The Morgan fingerprint density at radius 2 is 1.81 bits per heavy atom. The highest BCUT2D eigenvalue weighted by Gasteiger charge is 2.16. The van der Waals surface area contributed by atoms with Gasteiger partial charge in [-0.1, -0.05) is 24.3 Å². The van der Waals surface area contributed by atoms with Crippen molar-refractivity contribution in [2.24, 2.45) is 0 Å². The molecule has 32 heavy (non-hydrogen) atoms. The van der Waals surface area contributed by atoms with E-state index in [0.29, 0.717) is 5.69 Å². The van der Waals surface area contributed by atoms with Crippen molar-refractivity contribution < 1.29 is 9.53 Å². The van der Waals surface area contributed by atoms with Gasteiger partial charge in [-0.2, -0.15) is 0 Å².